The van der Waals surface area contributed by atoms with E-state index in [0.717, 1.165) is 24.0 Å². The van der Waals surface area contributed by atoms with Crippen molar-refractivity contribution >= 4 is 11.6 Å². The number of nitrogens with zero attached hydrogens (tertiary/aromatic N) is 4. The highest BCUT2D eigenvalue weighted by Gasteiger charge is 2.32. The Morgan fingerprint density at radius 1 is 1.15 bits per heavy atom. The lowest BCUT2D eigenvalue weighted by Gasteiger charge is -2.26. The van der Waals surface area contributed by atoms with Crippen LogP contribution in [-0.4, -0.2) is 46.3 Å². The Kier molecular flexibility index (Phi) is 6.54. The predicted molar refractivity (Wildman–Crippen MR) is 126 cm³/mol. The van der Waals surface area contributed by atoms with E-state index in [4.69, 9.17) is 9.47 Å². The number of nitro groups is 1. The average molecular weight is 465 g/mol. The number of hydrogen-bond acceptors (Lipinski definition) is 6. The minimum Gasteiger partial charge on any atom is -0.497 e. The molecule has 1 atom stereocenters. The second-order valence-corrected chi connectivity index (χ2v) is 8.40. The quantitative estimate of drug-likeness (QED) is 0.378. The molecule has 0 N–H and O–H groups in total. The molecule has 2 heterocycles. The molecule has 1 amide bonds. The first kappa shape index (κ1) is 23.3. The summed E-state index contributed by atoms with van der Waals surface area (Å²) >= 11 is 0. The first-order valence-corrected chi connectivity index (χ1v) is 11.1. The van der Waals surface area contributed by atoms with E-state index in [1.807, 2.05) is 35.2 Å². The minimum atomic E-state index is -0.403. The van der Waals surface area contributed by atoms with E-state index < -0.39 is 4.92 Å². The molecule has 9 nitrogen and oxygen atoms in total. The van der Waals surface area contributed by atoms with Gasteiger partial charge in [-0.3, -0.25) is 19.6 Å². The predicted octanol–water partition coefficient (Wildman–Crippen LogP) is 4.45. The third-order valence-corrected chi connectivity index (χ3v) is 6.37. The van der Waals surface area contributed by atoms with Crippen molar-refractivity contribution in [1.29, 1.82) is 0 Å². The Labute approximate surface area is 198 Å². The summed E-state index contributed by atoms with van der Waals surface area (Å²) in [5, 5.41) is 15.5. The second-order valence-electron chi connectivity index (χ2n) is 8.40. The van der Waals surface area contributed by atoms with Crippen molar-refractivity contribution in [3.63, 3.8) is 0 Å². The number of carbonyl (C=O) groups is 1. The maximum atomic E-state index is 13.4. The van der Waals surface area contributed by atoms with Crippen molar-refractivity contribution < 1.29 is 19.2 Å². The largest absolute Gasteiger partial charge is 0.497 e. The maximum absolute atomic E-state index is 13.4. The van der Waals surface area contributed by atoms with Crippen molar-refractivity contribution in [3.8, 4) is 11.5 Å². The van der Waals surface area contributed by atoms with Crippen molar-refractivity contribution in [2.45, 2.75) is 39.3 Å². The van der Waals surface area contributed by atoms with Gasteiger partial charge in [-0.1, -0.05) is 12.1 Å². The Morgan fingerprint density at radius 2 is 1.88 bits per heavy atom. The average Bonchev–Trinajstić information content (AvgIpc) is 3.42. The van der Waals surface area contributed by atoms with Crippen LogP contribution in [0.25, 0.3) is 0 Å². The van der Waals surface area contributed by atoms with Crippen molar-refractivity contribution in [2.75, 3.05) is 20.8 Å². The molecule has 0 aliphatic carbocycles. The molecule has 1 aromatic heterocycles. The van der Waals surface area contributed by atoms with E-state index >= 15 is 0 Å². The van der Waals surface area contributed by atoms with Crippen LogP contribution in [0.4, 0.5) is 5.69 Å². The molecule has 178 valence electrons. The SMILES string of the molecule is COc1ccc(C2CCCN2C(=O)c2ccc(Cn3nc(C)c([N+](=O)[O-])c3C)cc2)c(OC)c1. The lowest BCUT2D eigenvalue weighted by Crippen LogP contribution is -2.30. The standard InChI is InChI=1S/C25H28N4O5/c1-16-24(29(31)32)17(2)28(26-16)15-18-7-9-19(10-8-18)25(30)27-13-5-6-22(27)21-12-11-20(33-3)14-23(21)34-4/h7-12,14,22H,5-6,13,15H2,1-4H3. The number of methoxy groups -OCH3 is 2. The second kappa shape index (κ2) is 9.54. The van der Waals surface area contributed by atoms with Gasteiger partial charge in [-0.2, -0.15) is 5.10 Å². The van der Waals surface area contributed by atoms with Gasteiger partial charge in [0.1, 0.15) is 22.9 Å². The maximum Gasteiger partial charge on any atom is 0.312 e. The van der Waals surface area contributed by atoms with Crippen LogP contribution in [0.5, 0.6) is 11.5 Å². The van der Waals surface area contributed by atoms with Crippen molar-refractivity contribution in [3.05, 3.63) is 80.7 Å². The number of hydrogen-bond donors (Lipinski definition) is 0. The molecular weight excluding hydrogens is 436 g/mol. The zero-order valence-electron chi connectivity index (χ0n) is 19.8. The van der Waals surface area contributed by atoms with E-state index in [0.29, 0.717) is 41.5 Å². The van der Waals surface area contributed by atoms with Gasteiger partial charge in [0.15, 0.2) is 0 Å². The van der Waals surface area contributed by atoms with E-state index in [1.165, 1.54) is 0 Å². The summed E-state index contributed by atoms with van der Waals surface area (Å²) in [4.78, 5) is 26.1. The summed E-state index contributed by atoms with van der Waals surface area (Å²) in [6.45, 7) is 4.39. The Bertz CT molecular complexity index is 1220. The van der Waals surface area contributed by atoms with Crippen LogP contribution >= 0.6 is 0 Å². The number of carbonyl (C=O) groups excluding carboxylic acids is 1. The van der Waals surface area contributed by atoms with Crippen LogP contribution in [0.2, 0.25) is 0 Å². The number of likely N-dealkylation sites (tertiary alicyclic amines) is 1. The van der Waals surface area contributed by atoms with Crippen molar-refractivity contribution in [2.24, 2.45) is 0 Å². The van der Waals surface area contributed by atoms with Gasteiger partial charge in [0.05, 0.1) is 31.7 Å². The summed E-state index contributed by atoms with van der Waals surface area (Å²) in [5.74, 6) is 1.38. The van der Waals surface area contributed by atoms with Gasteiger partial charge >= 0.3 is 5.69 Å². The smallest absolute Gasteiger partial charge is 0.312 e. The molecule has 0 spiro atoms. The Hall–Kier alpha value is -3.88. The fourth-order valence-electron chi connectivity index (χ4n) is 4.62. The summed E-state index contributed by atoms with van der Waals surface area (Å²) in [5.41, 5.74) is 3.42. The number of amides is 1. The highest BCUT2D eigenvalue weighted by Crippen LogP contribution is 2.39. The number of aryl methyl sites for hydroxylation is 1. The summed E-state index contributed by atoms with van der Waals surface area (Å²) in [6, 6.07) is 13.0. The first-order valence-electron chi connectivity index (χ1n) is 11.1. The van der Waals surface area contributed by atoms with Crippen LogP contribution in [0.15, 0.2) is 42.5 Å². The van der Waals surface area contributed by atoms with Gasteiger partial charge in [0, 0.05) is 23.7 Å². The number of ether oxygens (including phenoxy) is 2. The number of rotatable bonds is 7. The fourth-order valence-corrected chi connectivity index (χ4v) is 4.62. The van der Waals surface area contributed by atoms with Crippen LogP contribution in [0.1, 0.15) is 51.8 Å². The van der Waals surface area contributed by atoms with Crippen LogP contribution in [0, 0.1) is 24.0 Å². The summed E-state index contributed by atoms with van der Waals surface area (Å²) < 4.78 is 12.5. The van der Waals surface area contributed by atoms with Gasteiger partial charge in [-0.25, -0.2) is 0 Å². The highest BCUT2D eigenvalue weighted by atomic mass is 16.6. The van der Waals surface area contributed by atoms with E-state index in [9.17, 15) is 14.9 Å². The third-order valence-electron chi connectivity index (χ3n) is 6.37. The van der Waals surface area contributed by atoms with Gasteiger partial charge in [0.25, 0.3) is 5.91 Å². The monoisotopic (exact) mass is 464 g/mol. The Balaban J connectivity index is 1.53. The molecule has 0 bridgehead atoms. The fraction of sp³-hybridized carbons (Fsp3) is 0.360. The molecule has 1 unspecified atom stereocenters. The zero-order valence-corrected chi connectivity index (χ0v) is 19.8. The number of aromatic nitrogens is 2. The minimum absolute atomic E-state index is 0.0336. The molecule has 1 aliphatic rings. The third kappa shape index (κ3) is 4.33. The topological polar surface area (TPSA) is 99.7 Å². The van der Waals surface area contributed by atoms with Crippen molar-refractivity contribution in [1.82, 2.24) is 14.7 Å². The molecule has 9 heteroatoms. The molecule has 2 aromatic carbocycles. The van der Waals surface area contributed by atoms with Gasteiger partial charge in [-0.05, 0) is 56.5 Å². The normalized spacial score (nSPS) is 15.4. The molecule has 0 radical (unpaired) electrons. The highest BCUT2D eigenvalue weighted by molar-refractivity contribution is 5.94. The van der Waals surface area contributed by atoms with Crippen LogP contribution in [0.3, 0.4) is 0 Å². The molecule has 4 rings (SSSR count). The number of benzene rings is 2. The molecule has 0 saturated carbocycles. The van der Waals surface area contributed by atoms with Gasteiger partial charge < -0.3 is 14.4 Å². The van der Waals surface area contributed by atoms with Crippen LogP contribution in [-0.2, 0) is 6.54 Å². The zero-order chi connectivity index (χ0) is 24.4. The molecule has 34 heavy (non-hydrogen) atoms. The summed E-state index contributed by atoms with van der Waals surface area (Å²) in [7, 11) is 3.23. The molecule has 3 aromatic rings. The first-order chi connectivity index (χ1) is 16.3. The van der Waals surface area contributed by atoms with Gasteiger partial charge in [0.2, 0.25) is 0 Å². The summed E-state index contributed by atoms with van der Waals surface area (Å²) in [6.07, 6.45) is 1.78. The molecule has 1 saturated heterocycles. The van der Waals surface area contributed by atoms with Gasteiger partial charge in [-0.15, -0.1) is 0 Å². The van der Waals surface area contributed by atoms with E-state index in [2.05, 4.69) is 5.10 Å². The van der Waals surface area contributed by atoms with E-state index in [1.54, 1.807) is 44.9 Å². The van der Waals surface area contributed by atoms with E-state index in [-0.39, 0.29) is 17.6 Å². The molecule has 1 aliphatic heterocycles. The molecule has 1 fully saturated rings. The van der Waals surface area contributed by atoms with Crippen LogP contribution < -0.4 is 9.47 Å². The Morgan fingerprint density at radius 3 is 2.50 bits per heavy atom. The molecular formula is C25H28N4O5. The lowest BCUT2D eigenvalue weighted by molar-refractivity contribution is -0.386. The lowest BCUT2D eigenvalue weighted by atomic mass is 10.0.